The molecule has 0 aliphatic carbocycles. The maximum absolute atomic E-state index is 12.8. The summed E-state index contributed by atoms with van der Waals surface area (Å²) in [6.45, 7) is 1.32. The van der Waals surface area contributed by atoms with Crippen LogP contribution in [-0.4, -0.2) is 40.9 Å². The molecule has 8 heteroatoms. The van der Waals surface area contributed by atoms with Crippen molar-refractivity contribution in [3.05, 3.63) is 70.3 Å². The van der Waals surface area contributed by atoms with E-state index in [4.69, 9.17) is 10.00 Å². The Bertz CT molecular complexity index is 1090. The molecule has 1 aromatic carbocycles. The number of hydrogen-bond donors (Lipinski definition) is 2. The summed E-state index contributed by atoms with van der Waals surface area (Å²) in [6.07, 6.45) is 6.25. The van der Waals surface area contributed by atoms with E-state index in [9.17, 15) is 9.59 Å². The highest BCUT2D eigenvalue weighted by atomic mass is 16.5. The van der Waals surface area contributed by atoms with Crippen molar-refractivity contribution in [3.63, 3.8) is 0 Å². The highest BCUT2D eigenvalue weighted by Gasteiger charge is 2.12. The van der Waals surface area contributed by atoms with E-state index in [1.807, 2.05) is 24.3 Å². The van der Waals surface area contributed by atoms with E-state index in [0.717, 1.165) is 37.0 Å². The number of pyridine rings is 1. The van der Waals surface area contributed by atoms with Crippen LogP contribution < -0.4 is 10.9 Å². The molecule has 0 atom stereocenters. The van der Waals surface area contributed by atoms with Crippen molar-refractivity contribution >= 4 is 5.91 Å². The van der Waals surface area contributed by atoms with Crippen LogP contribution in [0.3, 0.4) is 0 Å². The lowest BCUT2D eigenvalue weighted by Crippen LogP contribution is -2.25. The van der Waals surface area contributed by atoms with Crippen LogP contribution in [0.1, 0.15) is 35.2 Å². The second-order valence-electron chi connectivity index (χ2n) is 7.07. The number of nitriles is 1. The second-order valence-corrected chi connectivity index (χ2v) is 7.07. The Hall–Kier alpha value is -3.70. The largest absolute Gasteiger partial charge is 0.385 e. The lowest BCUT2D eigenvalue weighted by Gasteiger charge is -2.06. The number of nitrogens with zero attached hydrogens (tertiary/aromatic N) is 3. The highest BCUT2D eigenvalue weighted by Crippen LogP contribution is 2.17. The summed E-state index contributed by atoms with van der Waals surface area (Å²) >= 11 is 0. The Morgan fingerprint density at radius 1 is 1.19 bits per heavy atom. The van der Waals surface area contributed by atoms with E-state index in [1.165, 1.54) is 10.9 Å². The predicted molar refractivity (Wildman–Crippen MR) is 117 cm³/mol. The molecule has 1 amide bonds. The summed E-state index contributed by atoms with van der Waals surface area (Å²) in [5.74, 6) is 0.205. The van der Waals surface area contributed by atoms with Gasteiger partial charge in [0, 0.05) is 32.7 Å². The third-order valence-corrected chi connectivity index (χ3v) is 4.87. The molecule has 0 unspecified atom stereocenters. The average molecular weight is 419 g/mol. The van der Waals surface area contributed by atoms with Crippen LogP contribution >= 0.6 is 0 Å². The quantitative estimate of drug-likeness (QED) is 0.491. The van der Waals surface area contributed by atoms with Crippen LogP contribution in [0.15, 0.2) is 53.6 Å². The van der Waals surface area contributed by atoms with Crippen molar-refractivity contribution in [2.24, 2.45) is 0 Å². The number of unbranched alkanes of at least 4 members (excludes halogenated alkanes) is 2. The molecule has 3 aromatic rings. The minimum absolute atomic E-state index is 0.192. The van der Waals surface area contributed by atoms with Crippen LogP contribution in [0, 0.1) is 11.3 Å². The monoisotopic (exact) mass is 419 g/mol. The summed E-state index contributed by atoms with van der Waals surface area (Å²) in [7, 11) is 1.68. The van der Waals surface area contributed by atoms with Crippen molar-refractivity contribution in [2.45, 2.75) is 25.7 Å². The molecule has 3 rings (SSSR count). The Labute approximate surface area is 180 Å². The molecular weight excluding hydrogens is 394 g/mol. The number of amides is 1. The molecule has 31 heavy (non-hydrogen) atoms. The number of methoxy groups -OCH3 is 1. The van der Waals surface area contributed by atoms with Crippen molar-refractivity contribution < 1.29 is 9.53 Å². The lowest BCUT2D eigenvalue weighted by atomic mass is 10.1. The predicted octanol–water partition coefficient (Wildman–Crippen LogP) is 2.84. The summed E-state index contributed by atoms with van der Waals surface area (Å²) in [5, 5.41) is 14.6. The number of nitrogens with one attached hydrogen (secondary N) is 2. The number of benzene rings is 1. The molecule has 0 bridgehead atoms. The van der Waals surface area contributed by atoms with E-state index < -0.39 is 0 Å². The van der Waals surface area contributed by atoms with Gasteiger partial charge in [0.15, 0.2) is 5.82 Å². The van der Waals surface area contributed by atoms with Gasteiger partial charge in [-0.15, -0.1) is 0 Å². The first-order chi connectivity index (χ1) is 15.1. The first-order valence-corrected chi connectivity index (χ1v) is 10.1. The number of H-pyrrole nitrogens is 1. The molecule has 0 aliphatic rings. The molecule has 0 aliphatic heterocycles. The van der Waals surface area contributed by atoms with Crippen LogP contribution in [-0.2, 0) is 11.2 Å². The average Bonchev–Trinajstić information content (AvgIpc) is 3.18. The van der Waals surface area contributed by atoms with Gasteiger partial charge in [-0.3, -0.25) is 14.7 Å². The van der Waals surface area contributed by atoms with Crippen molar-refractivity contribution in [1.29, 1.82) is 5.26 Å². The number of ether oxygens (including phenoxy) is 1. The molecule has 0 fully saturated rings. The smallest absolute Gasteiger partial charge is 0.280 e. The van der Waals surface area contributed by atoms with Gasteiger partial charge in [0.2, 0.25) is 0 Å². The van der Waals surface area contributed by atoms with Crippen LogP contribution in [0.4, 0.5) is 0 Å². The van der Waals surface area contributed by atoms with Gasteiger partial charge in [-0.05, 0) is 42.5 Å². The van der Waals surface area contributed by atoms with Crippen LogP contribution in [0.2, 0.25) is 0 Å². The van der Waals surface area contributed by atoms with Gasteiger partial charge in [0.25, 0.3) is 11.5 Å². The van der Waals surface area contributed by atoms with Crippen molar-refractivity contribution in [3.8, 4) is 23.0 Å². The Balaban J connectivity index is 1.64. The molecule has 160 valence electrons. The number of rotatable bonds is 10. The zero-order valence-electron chi connectivity index (χ0n) is 17.4. The number of carbonyl (C=O) groups is 1. The molecule has 2 aromatic heterocycles. The molecule has 0 spiro atoms. The van der Waals surface area contributed by atoms with Crippen molar-refractivity contribution in [1.82, 2.24) is 20.1 Å². The molecule has 0 saturated carbocycles. The van der Waals surface area contributed by atoms with E-state index in [2.05, 4.69) is 21.5 Å². The van der Waals surface area contributed by atoms with E-state index in [-0.39, 0.29) is 11.5 Å². The molecule has 2 N–H and O–H groups in total. The fourth-order valence-corrected chi connectivity index (χ4v) is 3.15. The topological polar surface area (TPSA) is 113 Å². The number of hydrogen-bond acceptors (Lipinski definition) is 5. The van der Waals surface area contributed by atoms with Gasteiger partial charge < -0.3 is 10.1 Å². The summed E-state index contributed by atoms with van der Waals surface area (Å²) < 4.78 is 6.33. The molecule has 0 saturated heterocycles. The first kappa shape index (κ1) is 22.0. The fourth-order valence-electron chi connectivity index (χ4n) is 3.15. The maximum Gasteiger partial charge on any atom is 0.280 e. The normalized spacial score (nSPS) is 10.6. The molecular formula is C23H25N5O3. The minimum Gasteiger partial charge on any atom is -0.385 e. The number of carbonyl (C=O) groups excluding carboxylic acids is 1. The lowest BCUT2D eigenvalue weighted by molar-refractivity contribution is 0.0952. The maximum atomic E-state index is 12.8. The second kappa shape index (κ2) is 10.9. The number of aromatic nitrogens is 3. The zero-order chi connectivity index (χ0) is 22.1. The SMILES string of the molecule is COCCCCCNC(=O)c1ccc(-n2[nH]cc(-c3ccc(CC#N)cc3)c2=O)nc1. The molecule has 8 nitrogen and oxygen atoms in total. The first-order valence-electron chi connectivity index (χ1n) is 10.1. The Morgan fingerprint density at radius 2 is 2.00 bits per heavy atom. The third-order valence-electron chi connectivity index (χ3n) is 4.87. The van der Waals surface area contributed by atoms with E-state index in [1.54, 1.807) is 25.4 Å². The van der Waals surface area contributed by atoms with Crippen LogP contribution in [0.25, 0.3) is 16.9 Å². The number of aromatic amines is 1. The highest BCUT2D eigenvalue weighted by molar-refractivity contribution is 5.93. The van der Waals surface area contributed by atoms with Gasteiger partial charge >= 0.3 is 0 Å². The minimum atomic E-state index is -0.242. The standard InChI is InChI=1S/C23H25N5O3/c1-31-14-4-2-3-13-25-22(29)19-9-10-21(26-15-19)28-23(30)20(16-27-28)18-7-5-17(6-8-18)11-12-24/h5-10,15-16,27H,2-4,11,13-14H2,1H3,(H,25,29). The Morgan fingerprint density at radius 3 is 2.68 bits per heavy atom. The van der Waals surface area contributed by atoms with Gasteiger partial charge in [-0.2, -0.15) is 5.26 Å². The molecule has 0 radical (unpaired) electrons. The van der Waals surface area contributed by atoms with E-state index >= 15 is 0 Å². The van der Waals surface area contributed by atoms with Crippen LogP contribution in [0.5, 0.6) is 0 Å². The van der Waals surface area contributed by atoms with Crippen molar-refractivity contribution in [2.75, 3.05) is 20.3 Å². The summed E-state index contributed by atoms with van der Waals surface area (Å²) in [4.78, 5) is 29.3. The molecule has 2 heterocycles. The summed E-state index contributed by atoms with van der Waals surface area (Å²) in [6, 6.07) is 12.7. The van der Waals surface area contributed by atoms with Gasteiger partial charge in [0.05, 0.1) is 23.6 Å². The van der Waals surface area contributed by atoms with E-state index in [0.29, 0.717) is 29.9 Å². The zero-order valence-corrected chi connectivity index (χ0v) is 17.4. The Kier molecular flexibility index (Phi) is 7.73. The van der Waals surface area contributed by atoms with Gasteiger partial charge in [-0.25, -0.2) is 9.67 Å². The van der Waals surface area contributed by atoms with Gasteiger partial charge in [0.1, 0.15) is 0 Å². The van der Waals surface area contributed by atoms with Gasteiger partial charge in [-0.1, -0.05) is 24.3 Å². The fraction of sp³-hybridized carbons (Fsp3) is 0.304. The third kappa shape index (κ3) is 5.68. The summed E-state index contributed by atoms with van der Waals surface area (Å²) in [5.41, 5.74) is 2.35.